The van der Waals surface area contributed by atoms with Crippen LogP contribution in [0.1, 0.15) is 0 Å². The lowest BCUT2D eigenvalue weighted by Gasteiger charge is -2.34. The third-order valence-corrected chi connectivity index (χ3v) is 4.72. The van der Waals surface area contributed by atoms with Gasteiger partial charge in [0.15, 0.2) is 5.82 Å². The predicted molar refractivity (Wildman–Crippen MR) is 100.0 cm³/mol. The van der Waals surface area contributed by atoms with Crippen LogP contribution in [0.5, 0.6) is 0 Å². The average molecular weight is 351 g/mol. The number of urea groups is 1. The summed E-state index contributed by atoms with van der Waals surface area (Å²) in [6, 6.07) is 9.87. The number of piperazine rings is 1. The first-order chi connectivity index (χ1) is 12.7. The molecule has 0 atom stereocenters. The number of nitrogens with one attached hydrogen (secondary N) is 1. The number of aromatic nitrogens is 4. The number of fused-ring (bicyclic) bond motifs is 1. The number of carbonyl (C=O) groups is 1. The Morgan fingerprint density at radius 2 is 1.85 bits per heavy atom. The molecule has 0 bridgehead atoms. The van der Waals surface area contributed by atoms with Crippen molar-refractivity contribution in [1.82, 2.24) is 29.7 Å². The van der Waals surface area contributed by atoms with Crippen LogP contribution in [0.3, 0.4) is 0 Å². The first-order valence-electron chi connectivity index (χ1n) is 8.64. The van der Waals surface area contributed by atoms with Crippen LogP contribution < -0.4 is 10.2 Å². The van der Waals surface area contributed by atoms with Gasteiger partial charge < -0.3 is 19.7 Å². The quantitative estimate of drug-likeness (QED) is 0.757. The molecular formula is C18H21N7O. The van der Waals surface area contributed by atoms with Crippen LogP contribution in [0.15, 0.2) is 36.5 Å². The van der Waals surface area contributed by atoms with Gasteiger partial charge in [0.25, 0.3) is 0 Å². The number of aryl methyl sites for hydroxylation is 1. The molecular weight excluding hydrogens is 330 g/mol. The van der Waals surface area contributed by atoms with Crippen LogP contribution in [-0.2, 0) is 7.05 Å². The van der Waals surface area contributed by atoms with Crippen LogP contribution in [0, 0.1) is 0 Å². The third kappa shape index (κ3) is 2.83. The molecule has 134 valence electrons. The van der Waals surface area contributed by atoms with Gasteiger partial charge in [-0.1, -0.05) is 12.1 Å². The normalized spacial score (nSPS) is 14.7. The van der Waals surface area contributed by atoms with E-state index in [0.29, 0.717) is 32.1 Å². The molecule has 8 heteroatoms. The van der Waals surface area contributed by atoms with E-state index in [1.165, 1.54) is 0 Å². The van der Waals surface area contributed by atoms with Crippen molar-refractivity contribution in [3.05, 3.63) is 36.5 Å². The fourth-order valence-electron chi connectivity index (χ4n) is 3.27. The van der Waals surface area contributed by atoms with Crippen molar-refractivity contribution in [2.24, 2.45) is 7.05 Å². The minimum atomic E-state index is -0.0426. The number of anilines is 1. The second kappa shape index (κ2) is 6.62. The standard InChI is InChI=1S/C18H21N7O/c1-19-18(26)25-11-9-24(10-12-25)17-20-8-7-14(22-17)16-21-13-5-3-4-6-15(13)23(16)2/h3-8H,9-12H2,1-2H3,(H,19,26). The molecule has 3 heterocycles. The summed E-state index contributed by atoms with van der Waals surface area (Å²) in [5, 5.41) is 2.67. The molecule has 4 rings (SSSR count). The first-order valence-corrected chi connectivity index (χ1v) is 8.64. The summed E-state index contributed by atoms with van der Waals surface area (Å²) >= 11 is 0. The lowest BCUT2D eigenvalue weighted by atomic mass is 10.3. The van der Waals surface area contributed by atoms with Crippen LogP contribution in [0.2, 0.25) is 0 Å². The second-order valence-electron chi connectivity index (χ2n) is 6.25. The maximum Gasteiger partial charge on any atom is 0.317 e. The summed E-state index contributed by atoms with van der Waals surface area (Å²) < 4.78 is 2.05. The van der Waals surface area contributed by atoms with Crippen molar-refractivity contribution in [3.8, 4) is 11.5 Å². The molecule has 1 aliphatic heterocycles. The second-order valence-corrected chi connectivity index (χ2v) is 6.25. The molecule has 0 saturated carbocycles. The SMILES string of the molecule is CNC(=O)N1CCN(c2nccc(-c3nc4ccccc4n3C)n2)CC1. The Kier molecular flexibility index (Phi) is 4.16. The van der Waals surface area contributed by atoms with Gasteiger partial charge in [0.2, 0.25) is 5.95 Å². The van der Waals surface area contributed by atoms with E-state index in [1.807, 2.05) is 41.9 Å². The number of amides is 2. The lowest BCUT2D eigenvalue weighted by Crippen LogP contribution is -2.51. The van der Waals surface area contributed by atoms with Crippen LogP contribution in [0.4, 0.5) is 10.7 Å². The van der Waals surface area contributed by atoms with Crippen molar-refractivity contribution >= 4 is 23.0 Å². The van der Waals surface area contributed by atoms with Gasteiger partial charge in [0, 0.05) is 46.5 Å². The van der Waals surface area contributed by atoms with E-state index in [-0.39, 0.29) is 6.03 Å². The third-order valence-electron chi connectivity index (χ3n) is 4.72. The smallest absolute Gasteiger partial charge is 0.317 e. The summed E-state index contributed by atoms with van der Waals surface area (Å²) in [7, 11) is 3.65. The van der Waals surface area contributed by atoms with Crippen molar-refractivity contribution < 1.29 is 4.79 Å². The van der Waals surface area contributed by atoms with Crippen molar-refractivity contribution in [2.75, 3.05) is 38.1 Å². The minimum Gasteiger partial charge on any atom is -0.341 e. The highest BCUT2D eigenvalue weighted by atomic mass is 16.2. The van der Waals surface area contributed by atoms with E-state index in [9.17, 15) is 4.79 Å². The Hall–Kier alpha value is -3.16. The van der Waals surface area contributed by atoms with Gasteiger partial charge in [-0.25, -0.2) is 19.7 Å². The topological polar surface area (TPSA) is 79.2 Å². The molecule has 26 heavy (non-hydrogen) atoms. The van der Waals surface area contributed by atoms with Crippen LogP contribution in [-0.4, -0.2) is 63.7 Å². The van der Waals surface area contributed by atoms with E-state index in [4.69, 9.17) is 9.97 Å². The monoisotopic (exact) mass is 351 g/mol. The average Bonchev–Trinajstić information content (AvgIpc) is 3.04. The zero-order valence-corrected chi connectivity index (χ0v) is 14.9. The van der Waals surface area contributed by atoms with Gasteiger partial charge in [0.1, 0.15) is 5.69 Å². The lowest BCUT2D eigenvalue weighted by molar-refractivity contribution is 0.196. The van der Waals surface area contributed by atoms with Crippen LogP contribution in [0.25, 0.3) is 22.6 Å². The Bertz CT molecular complexity index is 944. The van der Waals surface area contributed by atoms with E-state index in [0.717, 1.165) is 22.6 Å². The number of para-hydroxylation sites is 2. The van der Waals surface area contributed by atoms with E-state index in [2.05, 4.69) is 15.2 Å². The van der Waals surface area contributed by atoms with Gasteiger partial charge in [-0.3, -0.25) is 0 Å². The molecule has 8 nitrogen and oxygen atoms in total. The van der Waals surface area contributed by atoms with Gasteiger partial charge >= 0.3 is 6.03 Å². The fourth-order valence-corrected chi connectivity index (χ4v) is 3.27. The largest absolute Gasteiger partial charge is 0.341 e. The number of carbonyl (C=O) groups excluding carboxylic acids is 1. The zero-order valence-electron chi connectivity index (χ0n) is 14.9. The maximum atomic E-state index is 11.7. The van der Waals surface area contributed by atoms with Crippen molar-refractivity contribution in [3.63, 3.8) is 0 Å². The maximum absolute atomic E-state index is 11.7. The molecule has 2 amide bonds. The predicted octanol–water partition coefficient (Wildman–Crippen LogP) is 1.49. The Morgan fingerprint density at radius 1 is 1.08 bits per heavy atom. The number of benzene rings is 1. The molecule has 1 saturated heterocycles. The number of rotatable bonds is 2. The highest BCUT2D eigenvalue weighted by Gasteiger charge is 2.22. The number of hydrogen-bond donors (Lipinski definition) is 1. The minimum absolute atomic E-state index is 0.0426. The molecule has 1 fully saturated rings. The van der Waals surface area contributed by atoms with Crippen molar-refractivity contribution in [2.45, 2.75) is 0 Å². The Balaban J connectivity index is 1.59. The van der Waals surface area contributed by atoms with Gasteiger partial charge in [-0.2, -0.15) is 0 Å². The number of hydrogen-bond acceptors (Lipinski definition) is 5. The molecule has 1 aliphatic rings. The van der Waals surface area contributed by atoms with Crippen molar-refractivity contribution in [1.29, 1.82) is 0 Å². The molecule has 0 unspecified atom stereocenters. The summed E-state index contributed by atoms with van der Waals surface area (Å²) in [5.74, 6) is 1.49. The summed E-state index contributed by atoms with van der Waals surface area (Å²) in [6.07, 6.45) is 1.77. The van der Waals surface area contributed by atoms with E-state index < -0.39 is 0 Å². The molecule has 0 radical (unpaired) electrons. The first kappa shape index (κ1) is 16.3. The summed E-state index contributed by atoms with van der Waals surface area (Å²) in [6.45, 7) is 2.72. The van der Waals surface area contributed by atoms with Gasteiger partial charge in [-0.15, -0.1) is 0 Å². The molecule has 1 N–H and O–H groups in total. The highest BCUT2D eigenvalue weighted by molar-refractivity contribution is 5.79. The molecule has 1 aromatic carbocycles. The summed E-state index contributed by atoms with van der Waals surface area (Å²) in [5.41, 5.74) is 2.81. The van der Waals surface area contributed by atoms with Gasteiger partial charge in [-0.05, 0) is 18.2 Å². The fraction of sp³-hybridized carbons (Fsp3) is 0.333. The molecule has 0 aliphatic carbocycles. The number of nitrogens with zero attached hydrogens (tertiary/aromatic N) is 6. The van der Waals surface area contributed by atoms with E-state index in [1.54, 1.807) is 18.1 Å². The highest BCUT2D eigenvalue weighted by Crippen LogP contribution is 2.23. The van der Waals surface area contributed by atoms with Gasteiger partial charge in [0.05, 0.1) is 11.0 Å². The Labute approximate surface area is 151 Å². The molecule has 3 aromatic rings. The zero-order chi connectivity index (χ0) is 18.1. The molecule has 0 spiro atoms. The van der Waals surface area contributed by atoms with Crippen LogP contribution >= 0.6 is 0 Å². The molecule has 2 aromatic heterocycles. The Morgan fingerprint density at radius 3 is 2.58 bits per heavy atom. The summed E-state index contributed by atoms with van der Waals surface area (Å²) in [4.78, 5) is 29.5. The van der Waals surface area contributed by atoms with E-state index >= 15 is 0 Å². The number of imidazole rings is 1.